The standard InChI is InChI=1S/C22H41N5O5/c23-19(28)4-2-1-3-12-25-14-15-32-16-22(31)27-18-8-5-17(6-9-18)7-10-21(30)26-13-11-20(24)29/h8,17,22,25,27,31H,1-7,9-16H2,(H2,23,28)(H2,24,29)(H,26,30)/t17-,22+/m1/s1. The van der Waals surface area contributed by atoms with Gasteiger partial charge in [-0.25, -0.2) is 0 Å². The first kappa shape index (κ1) is 27.9. The molecule has 3 amide bonds. The van der Waals surface area contributed by atoms with E-state index in [4.69, 9.17) is 16.2 Å². The minimum absolute atomic E-state index is 0.0516. The van der Waals surface area contributed by atoms with Crippen LogP contribution in [0.5, 0.6) is 0 Å². The van der Waals surface area contributed by atoms with Gasteiger partial charge >= 0.3 is 0 Å². The molecule has 10 heteroatoms. The van der Waals surface area contributed by atoms with Gasteiger partial charge in [-0.15, -0.1) is 0 Å². The lowest BCUT2D eigenvalue weighted by molar-refractivity contribution is -0.122. The van der Waals surface area contributed by atoms with E-state index in [9.17, 15) is 19.5 Å². The first-order valence-electron chi connectivity index (χ1n) is 11.6. The summed E-state index contributed by atoms with van der Waals surface area (Å²) in [5, 5.41) is 19.1. The summed E-state index contributed by atoms with van der Waals surface area (Å²) in [5.74, 6) is -0.277. The summed E-state index contributed by atoms with van der Waals surface area (Å²) in [4.78, 5) is 33.1. The highest BCUT2D eigenvalue weighted by molar-refractivity contribution is 5.78. The molecular formula is C22H41N5O5. The molecule has 0 radical (unpaired) electrons. The Morgan fingerprint density at radius 2 is 1.84 bits per heavy atom. The first-order valence-corrected chi connectivity index (χ1v) is 11.6. The van der Waals surface area contributed by atoms with Crippen molar-refractivity contribution in [2.45, 2.75) is 70.4 Å². The number of hydrogen-bond acceptors (Lipinski definition) is 7. The average Bonchev–Trinajstić information content (AvgIpc) is 2.74. The molecule has 10 nitrogen and oxygen atoms in total. The van der Waals surface area contributed by atoms with Gasteiger partial charge < -0.3 is 37.3 Å². The molecule has 0 fully saturated rings. The SMILES string of the molecule is NC(=O)CCCCCNCCOC[C@H](O)NC1=CC[C@@H](CCC(=O)NCCC(N)=O)CC1. The zero-order valence-electron chi connectivity index (χ0n) is 19.1. The molecule has 0 unspecified atom stereocenters. The molecule has 0 saturated carbocycles. The lowest BCUT2D eigenvalue weighted by atomic mass is 9.88. The number of carbonyl (C=O) groups excluding carboxylic acids is 3. The number of unbranched alkanes of at least 4 members (excludes halogenated alkanes) is 2. The van der Waals surface area contributed by atoms with E-state index in [0.29, 0.717) is 38.5 Å². The van der Waals surface area contributed by atoms with E-state index in [1.54, 1.807) is 0 Å². The molecule has 0 heterocycles. The highest BCUT2D eigenvalue weighted by Gasteiger charge is 2.17. The average molecular weight is 456 g/mol. The number of nitrogens with one attached hydrogen (secondary N) is 3. The second kappa shape index (κ2) is 17.4. The Hall–Kier alpha value is -2.17. The van der Waals surface area contributed by atoms with Gasteiger partial charge in [-0.2, -0.15) is 0 Å². The van der Waals surface area contributed by atoms with Gasteiger partial charge in [-0.1, -0.05) is 12.5 Å². The predicted molar refractivity (Wildman–Crippen MR) is 122 cm³/mol. The molecule has 1 rings (SSSR count). The summed E-state index contributed by atoms with van der Waals surface area (Å²) in [7, 11) is 0. The summed E-state index contributed by atoms with van der Waals surface area (Å²) < 4.78 is 5.49. The van der Waals surface area contributed by atoms with Crippen LogP contribution in [0.3, 0.4) is 0 Å². The monoisotopic (exact) mass is 455 g/mol. The van der Waals surface area contributed by atoms with E-state index in [0.717, 1.165) is 57.2 Å². The second-order valence-electron chi connectivity index (χ2n) is 8.24. The summed E-state index contributed by atoms with van der Waals surface area (Å²) in [6, 6.07) is 0. The van der Waals surface area contributed by atoms with Crippen LogP contribution in [0.1, 0.15) is 64.2 Å². The van der Waals surface area contributed by atoms with Crippen LogP contribution in [0.2, 0.25) is 0 Å². The molecule has 0 bridgehead atoms. The topological polar surface area (TPSA) is 169 Å². The van der Waals surface area contributed by atoms with E-state index >= 15 is 0 Å². The van der Waals surface area contributed by atoms with Crippen molar-refractivity contribution in [2.75, 3.05) is 32.8 Å². The fourth-order valence-corrected chi connectivity index (χ4v) is 3.48. The number of allylic oxidation sites excluding steroid dienone is 2. The van der Waals surface area contributed by atoms with Gasteiger partial charge in [-0.3, -0.25) is 14.4 Å². The molecule has 8 N–H and O–H groups in total. The van der Waals surface area contributed by atoms with Crippen LogP contribution in [-0.4, -0.2) is 61.9 Å². The van der Waals surface area contributed by atoms with Crippen LogP contribution in [-0.2, 0) is 19.1 Å². The molecule has 0 aliphatic heterocycles. The third-order valence-electron chi connectivity index (χ3n) is 5.32. The molecule has 0 aromatic rings. The smallest absolute Gasteiger partial charge is 0.220 e. The fourth-order valence-electron chi connectivity index (χ4n) is 3.48. The zero-order valence-corrected chi connectivity index (χ0v) is 19.1. The quantitative estimate of drug-likeness (QED) is 0.118. The van der Waals surface area contributed by atoms with Gasteiger partial charge in [0.2, 0.25) is 17.7 Å². The van der Waals surface area contributed by atoms with Gasteiger partial charge in [0.15, 0.2) is 0 Å². The van der Waals surface area contributed by atoms with Gasteiger partial charge in [0.25, 0.3) is 0 Å². The molecular weight excluding hydrogens is 414 g/mol. The Balaban J connectivity index is 2.01. The van der Waals surface area contributed by atoms with E-state index in [2.05, 4.69) is 22.0 Å². The van der Waals surface area contributed by atoms with Crippen molar-refractivity contribution in [3.8, 4) is 0 Å². The molecule has 32 heavy (non-hydrogen) atoms. The number of aliphatic hydroxyl groups excluding tert-OH is 1. The fraction of sp³-hybridized carbons (Fsp3) is 0.773. The molecule has 0 spiro atoms. The zero-order chi connectivity index (χ0) is 23.6. The molecule has 0 aromatic heterocycles. The van der Waals surface area contributed by atoms with Crippen molar-refractivity contribution in [1.29, 1.82) is 0 Å². The Kier molecular flexibility index (Phi) is 15.1. The maximum Gasteiger partial charge on any atom is 0.220 e. The number of rotatable bonds is 19. The number of primary amides is 2. The maximum absolute atomic E-state index is 11.8. The number of aliphatic hydroxyl groups is 1. The molecule has 1 aliphatic carbocycles. The molecule has 184 valence electrons. The van der Waals surface area contributed by atoms with E-state index < -0.39 is 12.1 Å². The van der Waals surface area contributed by atoms with Crippen molar-refractivity contribution in [3.63, 3.8) is 0 Å². The van der Waals surface area contributed by atoms with E-state index in [1.807, 2.05) is 0 Å². The van der Waals surface area contributed by atoms with Crippen LogP contribution < -0.4 is 27.4 Å². The Bertz CT molecular complexity index is 599. The Morgan fingerprint density at radius 1 is 1.06 bits per heavy atom. The summed E-state index contributed by atoms with van der Waals surface area (Å²) in [6.45, 7) is 2.60. The highest BCUT2D eigenvalue weighted by Crippen LogP contribution is 2.26. The summed E-state index contributed by atoms with van der Waals surface area (Å²) in [5.41, 5.74) is 11.2. The van der Waals surface area contributed by atoms with Crippen molar-refractivity contribution >= 4 is 17.7 Å². The summed E-state index contributed by atoms with van der Waals surface area (Å²) >= 11 is 0. The maximum atomic E-state index is 11.8. The number of ether oxygens (including phenoxy) is 1. The number of hydrogen-bond donors (Lipinski definition) is 6. The normalized spacial score (nSPS) is 16.8. The molecule has 1 aliphatic rings. The Labute approximate surface area is 190 Å². The van der Waals surface area contributed by atoms with Crippen molar-refractivity contribution in [1.82, 2.24) is 16.0 Å². The van der Waals surface area contributed by atoms with E-state index in [1.165, 1.54) is 0 Å². The van der Waals surface area contributed by atoms with Gasteiger partial charge in [-0.05, 0) is 51.0 Å². The van der Waals surface area contributed by atoms with Gasteiger partial charge in [0.1, 0.15) is 6.23 Å². The third kappa shape index (κ3) is 15.6. The van der Waals surface area contributed by atoms with Crippen LogP contribution >= 0.6 is 0 Å². The second-order valence-corrected chi connectivity index (χ2v) is 8.24. The summed E-state index contributed by atoms with van der Waals surface area (Å²) in [6.07, 6.45) is 8.65. The largest absolute Gasteiger partial charge is 0.375 e. The third-order valence-corrected chi connectivity index (χ3v) is 5.32. The Morgan fingerprint density at radius 3 is 2.53 bits per heavy atom. The predicted octanol–water partition coefficient (Wildman–Crippen LogP) is 0.00210. The first-order chi connectivity index (χ1) is 15.4. The minimum Gasteiger partial charge on any atom is -0.375 e. The van der Waals surface area contributed by atoms with E-state index in [-0.39, 0.29) is 24.8 Å². The molecule has 0 aromatic carbocycles. The van der Waals surface area contributed by atoms with Crippen LogP contribution in [0.15, 0.2) is 11.8 Å². The minimum atomic E-state index is -0.748. The van der Waals surface area contributed by atoms with Gasteiger partial charge in [0.05, 0.1) is 13.2 Å². The molecule has 0 saturated heterocycles. The number of amides is 3. The lowest BCUT2D eigenvalue weighted by Gasteiger charge is -2.24. The van der Waals surface area contributed by atoms with Crippen LogP contribution in [0, 0.1) is 5.92 Å². The van der Waals surface area contributed by atoms with Crippen molar-refractivity contribution in [2.24, 2.45) is 17.4 Å². The van der Waals surface area contributed by atoms with Crippen LogP contribution in [0.4, 0.5) is 0 Å². The highest BCUT2D eigenvalue weighted by atomic mass is 16.5. The van der Waals surface area contributed by atoms with Crippen LogP contribution in [0.25, 0.3) is 0 Å². The van der Waals surface area contributed by atoms with Crippen molar-refractivity contribution < 1.29 is 24.2 Å². The molecule has 2 atom stereocenters. The van der Waals surface area contributed by atoms with Gasteiger partial charge in [0, 0.05) is 38.0 Å². The van der Waals surface area contributed by atoms with Crippen molar-refractivity contribution in [3.05, 3.63) is 11.8 Å². The number of nitrogens with two attached hydrogens (primary N) is 2. The number of carbonyl (C=O) groups is 3. The lowest BCUT2D eigenvalue weighted by Crippen LogP contribution is -2.34.